The number of halogens is 1. The smallest absolute Gasteiger partial charge is 0.360 e. The molecule has 5 nitrogen and oxygen atoms in total. The van der Waals surface area contributed by atoms with Crippen LogP contribution in [0.2, 0.25) is 0 Å². The normalized spacial score (nSPS) is 18.8. The van der Waals surface area contributed by atoms with E-state index in [1.807, 2.05) is 12.1 Å². The molecule has 6 heteroatoms. The number of carbonyl (C=O) groups excluding carboxylic acids is 1. The highest BCUT2D eigenvalue weighted by Crippen LogP contribution is 2.34. The van der Waals surface area contributed by atoms with Gasteiger partial charge in [-0.3, -0.25) is 0 Å². The van der Waals surface area contributed by atoms with Crippen molar-refractivity contribution in [3.63, 3.8) is 0 Å². The summed E-state index contributed by atoms with van der Waals surface area (Å²) in [4.78, 5) is 13.7. The Morgan fingerprint density at radius 3 is 2.72 bits per heavy atom. The third-order valence-electron chi connectivity index (χ3n) is 4.54. The van der Waals surface area contributed by atoms with E-state index in [1.165, 1.54) is 34.3 Å². The van der Waals surface area contributed by atoms with E-state index in [4.69, 9.17) is 4.74 Å². The number of rotatable bonds is 3. The van der Waals surface area contributed by atoms with Crippen molar-refractivity contribution in [3.8, 4) is 5.69 Å². The highest BCUT2D eigenvalue weighted by Gasteiger charge is 2.32. The summed E-state index contributed by atoms with van der Waals surface area (Å²) in [6, 6.07) is 13.8. The van der Waals surface area contributed by atoms with Crippen LogP contribution in [0, 0.1) is 5.82 Å². The molecule has 1 heterocycles. The molecular weight excluding hydrogens is 321 g/mol. The van der Waals surface area contributed by atoms with Crippen molar-refractivity contribution in [1.82, 2.24) is 15.0 Å². The first kappa shape index (κ1) is 15.5. The second kappa shape index (κ2) is 6.12. The van der Waals surface area contributed by atoms with Gasteiger partial charge in [-0.15, -0.1) is 5.10 Å². The number of hydrogen-bond acceptors (Lipinski definition) is 4. The molecule has 4 rings (SSSR count). The van der Waals surface area contributed by atoms with E-state index in [2.05, 4.69) is 29.3 Å². The third-order valence-corrected chi connectivity index (χ3v) is 4.54. The molecule has 2 aromatic carbocycles. The van der Waals surface area contributed by atoms with Crippen LogP contribution in [0.1, 0.15) is 34.5 Å². The Balaban J connectivity index is 1.48. The van der Waals surface area contributed by atoms with E-state index in [0.717, 1.165) is 0 Å². The van der Waals surface area contributed by atoms with Crippen molar-refractivity contribution >= 4 is 5.97 Å². The Morgan fingerprint density at radius 1 is 1.20 bits per heavy atom. The van der Waals surface area contributed by atoms with Gasteiger partial charge in [-0.25, -0.2) is 9.18 Å². The summed E-state index contributed by atoms with van der Waals surface area (Å²) in [5, 5.41) is 8.19. The average molecular weight is 337 g/mol. The van der Waals surface area contributed by atoms with E-state index in [0.29, 0.717) is 12.1 Å². The summed E-state index contributed by atoms with van der Waals surface area (Å²) < 4.78 is 18.6. The molecule has 0 saturated heterocycles. The number of ether oxygens (including phenoxy) is 1. The molecule has 2 unspecified atom stereocenters. The minimum atomic E-state index is -0.502. The average Bonchev–Trinajstić information content (AvgIpc) is 3.22. The largest absolute Gasteiger partial charge is 0.457 e. The molecule has 126 valence electrons. The highest BCUT2D eigenvalue weighted by atomic mass is 19.1. The Kier molecular flexibility index (Phi) is 3.80. The first-order valence-electron chi connectivity index (χ1n) is 8.09. The Hall–Kier alpha value is -3.02. The molecular formula is C19H16FN3O2. The van der Waals surface area contributed by atoms with Crippen molar-refractivity contribution in [1.29, 1.82) is 0 Å². The molecule has 1 aliphatic carbocycles. The minimum absolute atomic E-state index is 0.132. The van der Waals surface area contributed by atoms with Crippen molar-refractivity contribution in [2.75, 3.05) is 0 Å². The zero-order chi connectivity index (χ0) is 17.4. The molecule has 1 aliphatic rings. The monoisotopic (exact) mass is 337 g/mol. The van der Waals surface area contributed by atoms with E-state index >= 15 is 0 Å². The molecule has 0 fully saturated rings. The summed E-state index contributed by atoms with van der Waals surface area (Å²) in [5.41, 5.74) is 3.13. The minimum Gasteiger partial charge on any atom is -0.457 e. The molecule has 2 atom stereocenters. The lowest BCUT2D eigenvalue weighted by atomic mass is 10.0. The van der Waals surface area contributed by atoms with Gasteiger partial charge in [-0.05, 0) is 35.4 Å². The van der Waals surface area contributed by atoms with Crippen molar-refractivity contribution in [2.24, 2.45) is 0 Å². The lowest BCUT2D eigenvalue weighted by Gasteiger charge is -2.16. The Bertz CT molecular complexity index is 920. The second-order valence-electron chi connectivity index (χ2n) is 6.13. The van der Waals surface area contributed by atoms with Crippen LogP contribution in [0.5, 0.6) is 0 Å². The predicted molar refractivity (Wildman–Crippen MR) is 89.1 cm³/mol. The maximum Gasteiger partial charge on any atom is 0.360 e. The summed E-state index contributed by atoms with van der Waals surface area (Å²) in [7, 11) is 0. The van der Waals surface area contributed by atoms with Crippen LogP contribution in [0.4, 0.5) is 4.39 Å². The van der Waals surface area contributed by atoms with Crippen molar-refractivity contribution in [3.05, 3.63) is 77.4 Å². The molecule has 0 saturated carbocycles. The van der Waals surface area contributed by atoms with E-state index in [9.17, 15) is 9.18 Å². The van der Waals surface area contributed by atoms with Crippen LogP contribution in [0.25, 0.3) is 5.69 Å². The maximum absolute atomic E-state index is 13.0. The first-order chi connectivity index (χ1) is 12.1. The van der Waals surface area contributed by atoms with Gasteiger partial charge in [0.1, 0.15) is 11.9 Å². The Morgan fingerprint density at radius 2 is 1.96 bits per heavy atom. The van der Waals surface area contributed by atoms with Crippen molar-refractivity contribution < 1.29 is 13.9 Å². The standard InChI is InChI=1S/C19H16FN3O2/c1-12-16-5-3-2-4-13(16)10-18(12)25-19(24)17-11-21-23(22-17)15-8-6-14(20)7-9-15/h2-9,11-12,18H,10H2,1H3. The summed E-state index contributed by atoms with van der Waals surface area (Å²) in [6.07, 6.45) is 1.86. The molecule has 25 heavy (non-hydrogen) atoms. The molecule has 0 N–H and O–H groups in total. The number of fused-ring (bicyclic) bond motifs is 1. The number of carbonyl (C=O) groups is 1. The number of aromatic nitrogens is 3. The fraction of sp³-hybridized carbons (Fsp3) is 0.211. The molecule has 3 aromatic rings. The molecule has 0 spiro atoms. The highest BCUT2D eigenvalue weighted by molar-refractivity contribution is 5.87. The first-order valence-corrected chi connectivity index (χ1v) is 8.09. The lowest BCUT2D eigenvalue weighted by molar-refractivity contribution is 0.0269. The van der Waals surface area contributed by atoms with Gasteiger partial charge in [0.25, 0.3) is 0 Å². The van der Waals surface area contributed by atoms with E-state index < -0.39 is 5.97 Å². The summed E-state index contributed by atoms with van der Waals surface area (Å²) >= 11 is 0. The molecule has 0 amide bonds. The molecule has 1 aromatic heterocycles. The van der Waals surface area contributed by atoms with Gasteiger partial charge in [-0.1, -0.05) is 31.2 Å². The van der Waals surface area contributed by atoms with Gasteiger partial charge in [0.2, 0.25) is 0 Å². The second-order valence-corrected chi connectivity index (χ2v) is 6.13. The maximum atomic E-state index is 13.0. The van der Waals surface area contributed by atoms with E-state index in [-0.39, 0.29) is 23.5 Å². The fourth-order valence-electron chi connectivity index (χ4n) is 3.16. The van der Waals surface area contributed by atoms with Gasteiger partial charge in [0, 0.05) is 12.3 Å². The topological polar surface area (TPSA) is 57.0 Å². The van der Waals surface area contributed by atoms with Gasteiger partial charge in [0.05, 0.1) is 11.9 Å². The van der Waals surface area contributed by atoms with Crippen LogP contribution >= 0.6 is 0 Å². The Labute approximate surface area is 144 Å². The number of nitrogens with zero attached hydrogens (tertiary/aromatic N) is 3. The SMILES string of the molecule is CC1c2ccccc2CC1OC(=O)c1cnn(-c2ccc(F)cc2)n1. The van der Waals surface area contributed by atoms with Gasteiger partial charge < -0.3 is 4.74 Å². The molecule has 0 radical (unpaired) electrons. The predicted octanol–water partition coefficient (Wildman–Crippen LogP) is 3.29. The van der Waals surface area contributed by atoms with Crippen LogP contribution in [0.3, 0.4) is 0 Å². The third kappa shape index (κ3) is 2.91. The zero-order valence-electron chi connectivity index (χ0n) is 13.6. The fourth-order valence-corrected chi connectivity index (χ4v) is 3.16. The van der Waals surface area contributed by atoms with Crippen molar-refractivity contribution in [2.45, 2.75) is 25.4 Å². The lowest BCUT2D eigenvalue weighted by Crippen LogP contribution is -2.21. The molecule has 0 aliphatic heterocycles. The quantitative estimate of drug-likeness (QED) is 0.688. The van der Waals surface area contributed by atoms with Gasteiger partial charge in [-0.2, -0.15) is 9.90 Å². The number of hydrogen-bond donors (Lipinski definition) is 0. The zero-order valence-corrected chi connectivity index (χ0v) is 13.6. The van der Waals surface area contributed by atoms with Gasteiger partial charge in [0.15, 0.2) is 5.69 Å². The summed E-state index contributed by atoms with van der Waals surface area (Å²) in [5.74, 6) is -0.698. The van der Waals surface area contributed by atoms with E-state index in [1.54, 1.807) is 12.1 Å². The number of benzene rings is 2. The van der Waals surface area contributed by atoms with Crippen LogP contribution < -0.4 is 0 Å². The summed E-state index contributed by atoms with van der Waals surface area (Å²) in [6.45, 7) is 2.05. The number of esters is 1. The van der Waals surface area contributed by atoms with Crippen LogP contribution in [-0.2, 0) is 11.2 Å². The van der Waals surface area contributed by atoms with Crippen LogP contribution in [0.15, 0.2) is 54.7 Å². The molecule has 0 bridgehead atoms. The van der Waals surface area contributed by atoms with Gasteiger partial charge >= 0.3 is 5.97 Å². The van der Waals surface area contributed by atoms with Crippen LogP contribution in [-0.4, -0.2) is 27.1 Å².